The molecule has 0 aliphatic carbocycles. The number of carbonyl (C=O) groups excluding carboxylic acids is 1. The van der Waals surface area contributed by atoms with Crippen LogP contribution in [0.15, 0.2) is 0 Å². The summed E-state index contributed by atoms with van der Waals surface area (Å²) in [4.78, 5) is 12.5. The number of likely N-dealkylation sites (tertiary alicyclic amines) is 1. The van der Waals surface area contributed by atoms with Crippen molar-refractivity contribution in [3.05, 3.63) is 0 Å². The largest absolute Gasteiger partial charge is 0.450 e. The van der Waals surface area contributed by atoms with Gasteiger partial charge in [0.05, 0.1) is 11.5 Å². The molecule has 1 saturated heterocycles. The van der Waals surface area contributed by atoms with Crippen molar-refractivity contribution in [1.29, 1.82) is 0 Å². The number of carbonyl (C=O) groups is 1. The summed E-state index contributed by atoms with van der Waals surface area (Å²) >= 11 is 6.08. The molecule has 1 amide bonds. The Bertz CT molecular complexity index is 178. The van der Waals surface area contributed by atoms with E-state index in [2.05, 4.69) is 0 Å². The van der Waals surface area contributed by atoms with Gasteiger partial charge >= 0.3 is 6.09 Å². The van der Waals surface area contributed by atoms with E-state index in [1.54, 1.807) is 11.8 Å². The first-order chi connectivity index (χ1) is 5.61. The summed E-state index contributed by atoms with van der Waals surface area (Å²) in [6.07, 6.45) is 0.645. The summed E-state index contributed by atoms with van der Waals surface area (Å²) in [6, 6.07) is 0. The third-order valence-corrected chi connectivity index (χ3v) is 2.61. The van der Waals surface area contributed by atoms with Gasteiger partial charge in [0, 0.05) is 13.1 Å². The number of ether oxygens (including phenoxy) is 1. The highest BCUT2D eigenvalue weighted by atomic mass is 35.5. The van der Waals surface area contributed by atoms with E-state index in [4.69, 9.17) is 16.3 Å². The smallest absolute Gasteiger partial charge is 0.409 e. The minimum atomic E-state index is -0.248. The molecule has 1 rings (SSSR count). The van der Waals surface area contributed by atoms with E-state index in [0.717, 1.165) is 6.42 Å². The fourth-order valence-electron chi connectivity index (χ4n) is 1.21. The summed E-state index contributed by atoms with van der Waals surface area (Å²) in [5.41, 5.74) is 0. The van der Waals surface area contributed by atoms with Crippen LogP contribution in [0.25, 0.3) is 0 Å². The third-order valence-electron chi connectivity index (χ3n) is 2.11. The second-order valence-corrected chi connectivity index (χ2v) is 3.86. The standard InChI is InChI=1S/C8H14ClNO2/c1-3-8(9)5-10(6-8)7(11)12-4-2/h3-6H2,1-2H3. The lowest BCUT2D eigenvalue weighted by molar-refractivity contribution is 0.0649. The molecule has 12 heavy (non-hydrogen) atoms. The average Bonchev–Trinajstić information content (AvgIpc) is 1.99. The molecular weight excluding hydrogens is 178 g/mol. The Labute approximate surface area is 77.6 Å². The molecule has 0 aromatic rings. The minimum Gasteiger partial charge on any atom is -0.450 e. The molecule has 0 saturated carbocycles. The zero-order valence-electron chi connectivity index (χ0n) is 7.47. The van der Waals surface area contributed by atoms with E-state index in [-0.39, 0.29) is 11.0 Å². The van der Waals surface area contributed by atoms with Gasteiger partial charge in [0.1, 0.15) is 0 Å². The molecule has 0 bridgehead atoms. The number of hydrogen-bond acceptors (Lipinski definition) is 2. The summed E-state index contributed by atoms with van der Waals surface area (Å²) in [6.45, 7) is 5.48. The van der Waals surface area contributed by atoms with Crippen LogP contribution in [-0.2, 0) is 4.74 Å². The lowest BCUT2D eigenvalue weighted by atomic mass is 9.97. The molecule has 0 N–H and O–H groups in total. The van der Waals surface area contributed by atoms with E-state index < -0.39 is 0 Å². The number of halogens is 1. The van der Waals surface area contributed by atoms with Crippen molar-refractivity contribution in [2.75, 3.05) is 19.7 Å². The van der Waals surface area contributed by atoms with Gasteiger partial charge in [-0.3, -0.25) is 0 Å². The molecule has 1 aliphatic heterocycles. The molecule has 0 atom stereocenters. The highest BCUT2D eigenvalue weighted by Gasteiger charge is 2.42. The van der Waals surface area contributed by atoms with Crippen LogP contribution >= 0.6 is 11.6 Å². The van der Waals surface area contributed by atoms with Crippen LogP contribution in [0, 0.1) is 0 Å². The zero-order valence-corrected chi connectivity index (χ0v) is 8.23. The van der Waals surface area contributed by atoms with Crippen molar-refractivity contribution >= 4 is 17.7 Å². The normalized spacial score (nSPS) is 20.1. The Kier molecular flexibility index (Phi) is 2.83. The van der Waals surface area contributed by atoms with Crippen molar-refractivity contribution in [2.45, 2.75) is 25.1 Å². The van der Waals surface area contributed by atoms with Crippen LogP contribution < -0.4 is 0 Å². The van der Waals surface area contributed by atoms with E-state index in [0.29, 0.717) is 19.7 Å². The van der Waals surface area contributed by atoms with Gasteiger partial charge < -0.3 is 9.64 Å². The van der Waals surface area contributed by atoms with Gasteiger partial charge in [-0.1, -0.05) is 6.92 Å². The number of alkyl halides is 1. The van der Waals surface area contributed by atoms with Crippen LogP contribution in [0.1, 0.15) is 20.3 Å². The second kappa shape index (κ2) is 3.52. The van der Waals surface area contributed by atoms with Crippen molar-refractivity contribution in [1.82, 2.24) is 4.90 Å². The Morgan fingerprint density at radius 3 is 2.58 bits per heavy atom. The molecule has 4 heteroatoms. The maximum Gasteiger partial charge on any atom is 0.409 e. The van der Waals surface area contributed by atoms with Gasteiger partial charge in [0.25, 0.3) is 0 Å². The van der Waals surface area contributed by atoms with Crippen LogP contribution in [0.2, 0.25) is 0 Å². The minimum absolute atomic E-state index is 0.188. The first kappa shape index (κ1) is 9.65. The Morgan fingerprint density at radius 1 is 1.58 bits per heavy atom. The van der Waals surface area contributed by atoms with Gasteiger partial charge in [-0.2, -0.15) is 0 Å². The van der Waals surface area contributed by atoms with Crippen LogP contribution in [-0.4, -0.2) is 35.6 Å². The van der Waals surface area contributed by atoms with Crippen molar-refractivity contribution in [3.8, 4) is 0 Å². The van der Waals surface area contributed by atoms with Crippen LogP contribution in [0.3, 0.4) is 0 Å². The number of rotatable bonds is 2. The fourth-order valence-corrected chi connectivity index (χ4v) is 1.49. The van der Waals surface area contributed by atoms with E-state index in [1.807, 2.05) is 6.92 Å². The quantitative estimate of drug-likeness (QED) is 0.624. The van der Waals surface area contributed by atoms with E-state index >= 15 is 0 Å². The molecule has 0 spiro atoms. The van der Waals surface area contributed by atoms with E-state index in [9.17, 15) is 4.79 Å². The van der Waals surface area contributed by atoms with Gasteiger partial charge in [0.2, 0.25) is 0 Å². The molecule has 1 heterocycles. The highest BCUT2D eigenvalue weighted by Crippen LogP contribution is 2.31. The predicted molar refractivity (Wildman–Crippen MR) is 47.5 cm³/mol. The van der Waals surface area contributed by atoms with Gasteiger partial charge in [0.15, 0.2) is 0 Å². The molecule has 70 valence electrons. The first-order valence-corrected chi connectivity index (χ1v) is 4.59. The Balaban J connectivity index is 2.29. The summed E-state index contributed by atoms with van der Waals surface area (Å²) in [7, 11) is 0. The molecule has 3 nitrogen and oxygen atoms in total. The first-order valence-electron chi connectivity index (χ1n) is 4.22. The van der Waals surface area contributed by atoms with Crippen LogP contribution in [0.5, 0.6) is 0 Å². The van der Waals surface area contributed by atoms with Crippen molar-refractivity contribution in [2.24, 2.45) is 0 Å². The molecule has 1 aliphatic rings. The average molecular weight is 192 g/mol. The van der Waals surface area contributed by atoms with Crippen molar-refractivity contribution < 1.29 is 9.53 Å². The van der Waals surface area contributed by atoms with Gasteiger partial charge in [-0.25, -0.2) is 4.79 Å². The number of hydrogen-bond donors (Lipinski definition) is 0. The topological polar surface area (TPSA) is 29.5 Å². The summed E-state index contributed by atoms with van der Waals surface area (Å²) < 4.78 is 4.81. The number of amides is 1. The molecule has 0 aromatic carbocycles. The highest BCUT2D eigenvalue weighted by molar-refractivity contribution is 6.25. The maximum absolute atomic E-state index is 11.1. The molecule has 0 aromatic heterocycles. The lowest BCUT2D eigenvalue weighted by Gasteiger charge is -2.44. The lowest BCUT2D eigenvalue weighted by Crippen LogP contribution is -2.60. The van der Waals surface area contributed by atoms with Crippen LogP contribution in [0.4, 0.5) is 4.79 Å². The van der Waals surface area contributed by atoms with Gasteiger partial charge in [-0.05, 0) is 13.3 Å². The summed E-state index contributed by atoms with van der Waals surface area (Å²) in [5.74, 6) is 0. The predicted octanol–water partition coefficient (Wildman–Crippen LogP) is 1.85. The monoisotopic (exact) mass is 191 g/mol. The maximum atomic E-state index is 11.1. The number of nitrogens with zero attached hydrogens (tertiary/aromatic N) is 1. The Hall–Kier alpha value is -0.440. The molecule has 1 fully saturated rings. The molecule has 0 radical (unpaired) electrons. The molecular formula is C8H14ClNO2. The molecule has 0 unspecified atom stereocenters. The van der Waals surface area contributed by atoms with E-state index in [1.165, 1.54) is 0 Å². The van der Waals surface area contributed by atoms with Crippen molar-refractivity contribution in [3.63, 3.8) is 0 Å². The third kappa shape index (κ3) is 1.83. The fraction of sp³-hybridized carbons (Fsp3) is 0.875. The summed E-state index contributed by atoms with van der Waals surface area (Å²) in [5, 5.41) is 0. The Morgan fingerprint density at radius 2 is 2.17 bits per heavy atom. The second-order valence-electron chi connectivity index (χ2n) is 3.06. The SMILES string of the molecule is CCOC(=O)N1CC(Cl)(CC)C1. The van der Waals surface area contributed by atoms with Gasteiger partial charge in [-0.15, -0.1) is 11.6 Å². The zero-order chi connectivity index (χ0) is 9.19.